The molecule has 0 radical (unpaired) electrons. The average Bonchev–Trinajstić information content (AvgIpc) is 2.49. The third-order valence-electron chi connectivity index (χ3n) is 5.17. The summed E-state index contributed by atoms with van der Waals surface area (Å²) in [5.41, 5.74) is 0.422. The zero-order valence-electron chi connectivity index (χ0n) is 13.5. The topological polar surface area (TPSA) is 24.9 Å². The zero-order valence-corrected chi connectivity index (χ0v) is 15.1. The molecule has 1 heterocycles. The Morgan fingerprint density at radius 3 is 2.81 bits per heavy atom. The van der Waals surface area contributed by atoms with Crippen LogP contribution in [0.15, 0.2) is 23.4 Å². The first kappa shape index (κ1) is 17.1. The Bertz CT molecular complexity index is 464. The average molecular weight is 327 g/mol. The van der Waals surface area contributed by atoms with E-state index in [-0.39, 0.29) is 0 Å². The predicted molar refractivity (Wildman–Crippen MR) is 93.2 cm³/mol. The van der Waals surface area contributed by atoms with E-state index < -0.39 is 0 Å². The maximum Gasteiger partial charge on any atom is 0.115 e. The number of hydrogen-bond acceptors (Lipinski definition) is 3. The smallest absolute Gasteiger partial charge is 0.115 e. The number of halogens is 1. The predicted octanol–water partition coefficient (Wildman–Crippen LogP) is 5.02. The Kier molecular flexibility index (Phi) is 5.98. The van der Waals surface area contributed by atoms with Gasteiger partial charge in [-0.3, -0.25) is 0 Å². The zero-order chi connectivity index (χ0) is 15.5. The van der Waals surface area contributed by atoms with Gasteiger partial charge >= 0.3 is 0 Å². The third-order valence-corrected chi connectivity index (χ3v) is 6.96. The molecule has 1 aromatic rings. The van der Waals surface area contributed by atoms with Crippen LogP contribution >= 0.6 is 23.4 Å². The monoisotopic (exact) mass is 326 g/mol. The number of aromatic nitrogens is 1. The van der Waals surface area contributed by atoms with E-state index in [1.165, 1.54) is 25.7 Å². The van der Waals surface area contributed by atoms with Crippen LogP contribution < -0.4 is 5.32 Å². The molecule has 1 aliphatic carbocycles. The van der Waals surface area contributed by atoms with Gasteiger partial charge in [-0.05, 0) is 49.8 Å². The van der Waals surface area contributed by atoms with Gasteiger partial charge in [-0.15, -0.1) is 0 Å². The Morgan fingerprint density at radius 2 is 2.19 bits per heavy atom. The Labute approximate surface area is 138 Å². The molecule has 1 saturated carbocycles. The van der Waals surface area contributed by atoms with E-state index in [1.54, 1.807) is 0 Å². The minimum Gasteiger partial charge on any atom is -0.316 e. The van der Waals surface area contributed by atoms with Crippen LogP contribution in [0.5, 0.6) is 0 Å². The molecule has 0 amide bonds. The second-order valence-corrected chi connectivity index (χ2v) is 8.33. The van der Waals surface area contributed by atoms with Gasteiger partial charge in [-0.2, -0.15) is 0 Å². The summed E-state index contributed by atoms with van der Waals surface area (Å²) in [5, 5.41) is 5.78. The van der Waals surface area contributed by atoms with Crippen molar-refractivity contribution in [2.75, 3.05) is 7.05 Å². The van der Waals surface area contributed by atoms with Gasteiger partial charge in [-0.25, -0.2) is 4.98 Å². The summed E-state index contributed by atoms with van der Waals surface area (Å²) in [7, 11) is 2.07. The van der Waals surface area contributed by atoms with Crippen molar-refractivity contribution in [2.45, 2.75) is 62.8 Å². The molecular formula is C17H27ClN2S. The highest BCUT2D eigenvalue weighted by molar-refractivity contribution is 8.00. The van der Waals surface area contributed by atoms with E-state index in [0.717, 1.165) is 16.0 Å². The molecule has 0 spiro atoms. The molecule has 0 aliphatic heterocycles. The van der Waals surface area contributed by atoms with E-state index >= 15 is 0 Å². The molecule has 0 saturated heterocycles. The largest absolute Gasteiger partial charge is 0.316 e. The van der Waals surface area contributed by atoms with Crippen molar-refractivity contribution in [2.24, 2.45) is 11.3 Å². The Morgan fingerprint density at radius 1 is 1.43 bits per heavy atom. The molecule has 0 aromatic carbocycles. The van der Waals surface area contributed by atoms with Gasteiger partial charge in [0.25, 0.3) is 0 Å². The molecule has 1 fully saturated rings. The van der Waals surface area contributed by atoms with Crippen molar-refractivity contribution in [1.82, 2.24) is 10.3 Å². The highest BCUT2D eigenvalue weighted by atomic mass is 35.5. The summed E-state index contributed by atoms with van der Waals surface area (Å²) >= 11 is 8.13. The number of rotatable bonds is 5. The van der Waals surface area contributed by atoms with Crippen molar-refractivity contribution < 1.29 is 0 Å². The molecular weight excluding hydrogens is 300 g/mol. The van der Waals surface area contributed by atoms with Crippen molar-refractivity contribution in [3.05, 3.63) is 23.4 Å². The van der Waals surface area contributed by atoms with E-state index in [9.17, 15) is 0 Å². The fraction of sp³-hybridized carbons (Fsp3) is 0.706. The number of nitrogens with one attached hydrogen (secondary N) is 1. The van der Waals surface area contributed by atoms with Crippen LogP contribution in [0.3, 0.4) is 0 Å². The van der Waals surface area contributed by atoms with Crippen LogP contribution in [0.1, 0.15) is 46.5 Å². The minimum absolute atomic E-state index is 0.422. The maximum atomic E-state index is 6.28. The van der Waals surface area contributed by atoms with Crippen LogP contribution in [0.25, 0.3) is 0 Å². The first-order valence-corrected chi connectivity index (χ1v) is 9.18. The van der Waals surface area contributed by atoms with Crippen LogP contribution in [-0.4, -0.2) is 23.3 Å². The third kappa shape index (κ3) is 4.14. The summed E-state index contributed by atoms with van der Waals surface area (Å²) in [6.07, 6.45) is 6.87. The lowest BCUT2D eigenvalue weighted by Crippen LogP contribution is -2.43. The molecule has 0 bridgehead atoms. The molecule has 2 nitrogen and oxygen atoms in total. The van der Waals surface area contributed by atoms with Gasteiger partial charge in [0.2, 0.25) is 0 Å². The normalized spacial score (nSPS) is 26.8. The van der Waals surface area contributed by atoms with E-state index in [1.807, 2.05) is 30.1 Å². The van der Waals surface area contributed by atoms with Crippen molar-refractivity contribution in [3.8, 4) is 0 Å². The second-order valence-electron chi connectivity index (χ2n) is 6.69. The molecule has 3 unspecified atom stereocenters. The molecule has 1 aliphatic rings. The van der Waals surface area contributed by atoms with Crippen LogP contribution in [0.4, 0.5) is 0 Å². The molecule has 3 atom stereocenters. The Balaban J connectivity index is 2.12. The van der Waals surface area contributed by atoms with E-state index in [0.29, 0.717) is 16.7 Å². The van der Waals surface area contributed by atoms with Gasteiger partial charge in [0.15, 0.2) is 0 Å². The molecule has 4 heteroatoms. The van der Waals surface area contributed by atoms with Gasteiger partial charge in [-0.1, -0.05) is 50.6 Å². The van der Waals surface area contributed by atoms with Crippen LogP contribution in [0, 0.1) is 11.3 Å². The fourth-order valence-corrected chi connectivity index (χ4v) is 4.80. The van der Waals surface area contributed by atoms with E-state index in [2.05, 4.69) is 38.1 Å². The highest BCUT2D eigenvalue weighted by Gasteiger charge is 2.37. The number of hydrogen-bond donors (Lipinski definition) is 1. The summed E-state index contributed by atoms with van der Waals surface area (Å²) in [4.78, 5) is 4.45. The summed E-state index contributed by atoms with van der Waals surface area (Å²) in [6, 6.07) is 4.38. The van der Waals surface area contributed by atoms with Crippen LogP contribution in [-0.2, 0) is 0 Å². The van der Waals surface area contributed by atoms with Crippen molar-refractivity contribution >= 4 is 23.4 Å². The first-order valence-electron chi connectivity index (χ1n) is 7.92. The summed E-state index contributed by atoms with van der Waals surface area (Å²) in [5.74, 6) is 0.784. The standard InChI is InChI=1S/C17H27ClN2S/c1-5-17(2,3)12-8-9-14(19-4)15(11-12)21-16-13(18)7-6-10-20-16/h6-7,10,12,14-15,19H,5,8-9,11H2,1-4H3. The van der Waals surface area contributed by atoms with Crippen molar-refractivity contribution in [3.63, 3.8) is 0 Å². The molecule has 21 heavy (non-hydrogen) atoms. The van der Waals surface area contributed by atoms with Gasteiger partial charge < -0.3 is 5.32 Å². The lowest BCUT2D eigenvalue weighted by molar-refractivity contribution is 0.142. The molecule has 1 N–H and O–H groups in total. The molecule has 2 rings (SSSR count). The SMILES string of the molecule is CCC(C)(C)C1CCC(NC)C(Sc2ncccc2Cl)C1. The number of nitrogens with zero attached hydrogens (tertiary/aromatic N) is 1. The lowest BCUT2D eigenvalue weighted by Gasteiger charge is -2.42. The van der Waals surface area contributed by atoms with Crippen molar-refractivity contribution in [1.29, 1.82) is 0 Å². The fourth-order valence-electron chi connectivity index (χ4n) is 3.19. The molecule has 118 valence electrons. The maximum absolute atomic E-state index is 6.28. The summed E-state index contributed by atoms with van der Waals surface area (Å²) in [6.45, 7) is 7.13. The van der Waals surface area contributed by atoms with Crippen LogP contribution in [0.2, 0.25) is 5.02 Å². The van der Waals surface area contributed by atoms with Gasteiger partial charge in [0.1, 0.15) is 5.03 Å². The van der Waals surface area contributed by atoms with Gasteiger partial charge in [0.05, 0.1) is 5.02 Å². The number of pyridine rings is 1. The van der Waals surface area contributed by atoms with Gasteiger partial charge in [0, 0.05) is 17.5 Å². The first-order chi connectivity index (χ1) is 9.97. The Hall–Kier alpha value is -0.250. The lowest BCUT2D eigenvalue weighted by atomic mass is 9.68. The number of thioether (sulfide) groups is 1. The second kappa shape index (κ2) is 7.34. The van der Waals surface area contributed by atoms with E-state index in [4.69, 9.17) is 11.6 Å². The minimum atomic E-state index is 0.422. The quantitative estimate of drug-likeness (QED) is 0.822. The molecule has 1 aromatic heterocycles. The summed E-state index contributed by atoms with van der Waals surface area (Å²) < 4.78 is 0. The highest BCUT2D eigenvalue weighted by Crippen LogP contribution is 2.45.